The van der Waals surface area contributed by atoms with Gasteiger partial charge in [0.15, 0.2) is 0 Å². The number of carbonyl (C=O) groups excluding carboxylic acids is 2. The number of anilines is 1. The zero-order valence-electron chi connectivity index (χ0n) is 13.7. The number of aryl methyl sites for hydroxylation is 1. The van der Waals surface area contributed by atoms with Gasteiger partial charge in [-0.15, -0.1) is 0 Å². The second-order valence-corrected chi connectivity index (χ2v) is 6.95. The first kappa shape index (κ1) is 16.8. The Labute approximate surface area is 149 Å². The van der Waals surface area contributed by atoms with Gasteiger partial charge in [-0.25, -0.2) is 0 Å². The molecule has 0 unspecified atom stereocenters. The van der Waals surface area contributed by atoms with Crippen LogP contribution in [-0.2, 0) is 4.79 Å². The summed E-state index contributed by atoms with van der Waals surface area (Å²) >= 11 is 3.38. The molecule has 1 aliphatic carbocycles. The van der Waals surface area contributed by atoms with Crippen molar-refractivity contribution >= 4 is 33.4 Å². The van der Waals surface area contributed by atoms with Crippen LogP contribution in [0.25, 0.3) is 0 Å². The number of halogens is 1. The van der Waals surface area contributed by atoms with Gasteiger partial charge < -0.3 is 15.2 Å². The number of hydrogen-bond acceptors (Lipinski definition) is 2. The summed E-state index contributed by atoms with van der Waals surface area (Å²) in [6, 6.07) is 9.79. The largest absolute Gasteiger partial charge is 0.345 e. The highest BCUT2D eigenvalue weighted by molar-refractivity contribution is 9.10. The maximum Gasteiger partial charge on any atom is 0.253 e. The zero-order valence-corrected chi connectivity index (χ0v) is 15.3. The molecular formula is C18H20BrN3O2. The summed E-state index contributed by atoms with van der Waals surface area (Å²) in [6.45, 7) is 3.91. The summed E-state index contributed by atoms with van der Waals surface area (Å²) in [7, 11) is 0. The summed E-state index contributed by atoms with van der Waals surface area (Å²) in [6.07, 6.45) is 2.34. The highest BCUT2D eigenvalue weighted by Gasteiger charge is 2.28. The molecule has 5 nitrogen and oxygen atoms in total. The Morgan fingerprint density at radius 2 is 1.96 bits per heavy atom. The van der Waals surface area contributed by atoms with Crippen molar-refractivity contribution in [1.29, 1.82) is 0 Å². The number of aromatic nitrogens is 1. The number of rotatable bonds is 5. The van der Waals surface area contributed by atoms with E-state index >= 15 is 0 Å². The monoisotopic (exact) mass is 389 g/mol. The van der Waals surface area contributed by atoms with Gasteiger partial charge in [0.25, 0.3) is 5.91 Å². The molecule has 3 rings (SSSR count). The zero-order chi connectivity index (χ0) is 17.3. The number of nitrogens with one attached hydrogen (secondary N) is 2. The molecule has 126 valence electrons. The molecule has 1 heterocycles. The SMILES string of the molecule is Cc1cc(C(=O)NCC(=O)Nc2ccccc2Br)c(C)n1C1CC1. The van der Waals surface area contributed by atoms with Crippen molar-refractivity contribution in [3.63, 3.8) is 0 Å². The molecule has 0 bridgehead atoms. The van der Waals surface area contributed by atoms with Gasteiger partial charge in [-0.1, -0.05) is 12.1 Å². The normalized spacial score (nSPS) is 13.6. The van der Waals surface area contributed by atoms with Gasteiger partial charge >= 0.3 is 0 Å². The van der Waals surface area contributed by atoms with Gasteiger partial charge in [0.1, 0.15) is 0 Å². The van der Waals surface area contributed by atoms with E-state index < -0.39 is 0 Å². The Bertz CT molecular complexity index is 794. The van der Waals surface area contributed by atoms with Crippen molar-refractivity contribution in [2.45, 2.75) is 32.7 Å². The van der Waals surface area contributed by atoms with E-state index in [2.05, 4.69) is 31.1 Å². The lowest BCUT2D eigenvalue weighted by molar-refractivity contribution is -0.115. The molecule has 1 fully saturated rings. The minimum absolute atomic E-state index is 0.0622. The van der Waals surface area contributed by atoms with Crippen LogP contribution in [-0.4, -0.2) is 22.9 Å². The quantitative estimate of drug-likeness (QED) is 0.820. The molecule has 0 radical (unpaired) electrons. The highest BCUT2D eigenvalue weighted by atomic mass is 79.9. The van der Waals surface area contributed by atoms with E-state index in [4.69, 9.17) is 0 Å². The maximum absolute atomic E-state index is 12.4. The summed E-state index contributed by atoms with van der Waals surface area (Å²) in [5, 5.41) is 5.47. The van der Waals surface area contributed by atoms with E-state index in [1.807, 2.05) is 38.1 Å². The number of hydrogen-bond donors (Lipinski definition) is 2. The third kappa shape index (κ3) is 3.53. The van der Waals surface area contributed by atoms with Crippen molar-refractivity contribution in [3.8, 4) is 0 Å². The molecule has 0 aliphatic heterocycles. The van der Waals surface area contributed by atoms with Gasteiger partial charge in [0.2, 0.25) is 5.91 Å². The number of benzene rings is 1. The lowest BCUT2D eigenvalue weighted by Crippen LogP contribution is -2.33. The molecule has 1 aliphatic rings. The van der Waals surface area contributed by atoms with Crippen LogP contribution in [0, 0.1) is 13.8 Å². The smallest absolute Gasteiger partial charge is 0.253 e. The summed E-state index contributed by atoms with van der Waals surface area (Å²) in [5.74, 6) is -0.469. The fourth-order valence-electron chi connectivity index (χ4n) is 2.91. The molecule has 2 amide bonds. The maximum atomic E-state index is 12.4. The van der Waals surface area contributed by atoms with Crippen LogP contribution in [0.2, 0.25) is 0 Å². The number of amides is 2. The van der Waals surface area contributed by atoms with Gasteiger partial charge in [-0.3, -0.25) is 9.59 Å². The van der Waals surface area contributed by atoms with E-state index in [9.17, 15) is 9.59 Å². The van der Waals surface area contributed by atoms with E-state index in [-0.39, 0.29) is 18.4 Å². The van der Waals surface area contributed by atoms with Gasteiger partial charge in [-0.2, -0.15) is 0 Å². The molecule has 2 aromatic rings. The molecule has 1 aromatic carbocycles. The van der Waals surface area contributed by atoms with Crippen LogP contribution in [0.1, 0.15) is 40.6 Å². The minimum atomic E-state index is -0.258. The third-order valence-electron chi connectivity index (χ3n) is 4.20. The van der Waals surface area contributed by atoms with Crippen molar-refractivity contribution < 1.29 is 9.59 Å². The summed E-state index contributed by atoms with van der Waals surface area (Å²) in [5.41, 5.74) is 3.40. The van der Waals surface area contributed by atoms with Gasteiger partial charge in [0.05, 0.1) is 17.8 Å². The first-order valence-corrected chi connectivity index (χ1v) is 8.77. The Balaban J connectivity index is 1.60. The average molecular weight is 390 g/mol. The van der Waals surface area contributed by atoms with Crippen molar-refractivity contribution in [2.75, 3.05) is 11.9 Å². The molecular weight excluding hydrogens is 370 g/mol. The van der Waals surface area contributed by atoms with Crippen LogP contribution in [0.15, 0.2) is 34.8 Å². The van der Waals surface area contributed by atoms with Crippen LogP contribution in [0.4, 0.5) is 5.69 Å². The lowest BCUT2D eigenvalue weighted by Gasteiger charge is -2.09. The van der Waals surface area contributed by atoms with E-state index in [1.165, 1.54) is 12.8 Å². The molecule has 6 heteroatoms. The van der Waals surface area contributed by atoms with E-state index in [0.29, 0.717) is 17.3 Å². The van der Waals surface area contributed by atoms with Crippen LogP contribution in [0.5, 0.6) is 0 Å². The summed E-state index contributed by atoms with van der Waals surface area (Å²) < 4.78 is 3.02. The number of carbonyl (C=O) groups is 2. The first-order chi connectivity index (χ1) is 11.5. The molecule has 0 saturated heterocycles. The fraction of sp³-hybridized carbons (Fsp3) is 0.333. The topological polar surface area (TPSA) is 63.1 Å². The lowest BCUT2D eigenvalue weighted by atomic mass is 10.2. The average Bonchev–Trinajstić information content (AvgIpc) is 3.33. The molecule has 0 spiro atoms. The Kier molecular flexibility index (Phi) is 4.76. The van der Waals surface area contributed by atoms with Gasteiger partial charge in [-0.05, 0) is 60.8 Å². The Hall–Kier alpha value is -2.08. The molecule has 0 atom stereocenters. The predicted octanol–water partition coefficient (Wildman–Crippen LogP) is 3.57. The Morgan fingerprint density at radius 1 is 1.25 bits per heavy atom. The van der Waals surface area contributed by atoms with Crippen molar-refractivity contribution in [3.05, 3.63) is 51.8 Å². The van der Waals surface area contributed by atoms with Crippen LogP contribution < -0.4 is 10.6 Å². The third-order valence-corrected chi connectivity index (χ3v) is 4.89. The Morgan fingerprint density at radius 3 is 2.62 bits per heavy atom. The van der Waals surface area contributed by atoms with E-state index in [1.54, 1.807) is 6.07 Å². The highest BCUT2D eigenvalue weighted by Crippen LogP contribution is 2.38. The first-order valence-electron chi connectivity index (χ1n) is 7.98. The van der Waals surface area contributed by atoms with Crippen molar-refractivity contribution in [2.24, 2.45) is 0 Å². The predicted molar refractivity (Wildman–Crippen MR) is 97.3 cm³/mol. The second kappa shape index (κ2) is 6.81. The molecule has 1 saturated carbocycles. The minimum Gasteiger partial charge on any atom is -0.345 e. The number of nitrogens with zero attached hydrogens (tertiary/aromatic N) is 1. The number of para-hydroxylation sites is 1. The second-order valence-electron chi connectivity index (χ2n) is 6.10. The van der Waals surface area contributed by atoms with Crippen LogP contribution in [0.3, 0.4) is 0 Å². The molecule has 1 aromatic heterocycles. The van der Waals surface area contributed by atoms with Gasteiger partial charge in [0, 0.05) is 21.9 Å². The molecule has 24 heavy (non-hydrogen) atoms. The van der Waals surface area contributed by atoms with Crippen molar-refractivity contribution in [1.82, 2.24) is 9.88 Å². The standard InChI is InChI=1S/C18H20BrN3O2/c1-11-9-14(12(2)22(11)13-7-8-13)18(24)20-10-17(23)21-16-6-4-3-5-15(16)19/h3-6,9,13H,7-8,10H2,1-2H3,(H,20,24)(H,21,23). The molecule has 2 N–H and O–H groups in total. The fourth-order valence-corrected chi connectivity index (χ4v) is 3.30. The van der Waals surface area contributed by atoms with Crippen LogP contribution >= 0.6 is 15.9 Å². The summed E-state index contributed by atoms with van der Waals surface area (Å²) in [4.78, 5) is 24.4. The van der Waals surface area contributed by atoms with E-state index in [0.717, 1.165) is 15.9 Å².